The first-order valence-corrected chi connectivity index (χ1v) is 9.61. The maximum Gasteiger partial charge on any atom is 0.235 e. The summed E-state index contributed by atoms with van der Waals surface area (Å²) in [6.45, 7) is 2.46. The molecule has 5 heteroatoms. The fourth-order valence-corrected chi connectivity index (χ4v) is 3.42. The average Bonchev–Trinajstić information content (AvgIpc) is 2.72. The summed E-state index contributed by atoms with van der Waals surface area (Å²) >= 11 is 6.34. The van der Waals surface area contributed by atoms with Crippen LogP contribution in [0.1, 0.15) is 16.7 Å². The summed E-state index contributed by atoms with van der Waals surface area (Å²) < 4.78 is 5.94. The van der Waals surface area contributed by atoms with Crippen molar-refractivity contribution in [3.63, 3.8) is 0 Å². The lowest BCUT2D eigenvalue weighted by Crippen LogP contribution is -2.23. The molecule has 2 N–H and O–H groups in total. The minimum absolute atomic E-state index is 0.226. The lowest BCUT2D eigenvalue weighted by Gasteiger charge is -2.14. The van der Waals surface area contributed by atoms with E-state index in [1.807, 2.05) is 36.4 Å². The molecule has 146 valence electrons. The predicted octanol–water partition coefficient (Wildman–Crippen LogP) is 5.06. The maximum atomic E-state index is 11.3. The highest BCUT2D eigenvalue weighted by Gasteiger charge is 2.16. The summed E-state index contributed by atoms with van der Waals surface area (Å²) in [6.07, 6.45) is 0.226. The van der Waals surface area contributed by atoms with Gasteiger partial charge in [0.25, 0.3) is 0 Å². The Bertz CT molecular complexity index is 1060. The van der Waals surface area contributed by atoms with Gasteiger partial charge in [-0.05, 0) is 53.3 Å². The van der Waals surface area contributed by atoms with Gasteiger partial charge in [0.1, 0.15) is 18.3 Å². The van der Waals surface area contributed by atoms with E-state index in [2.05, 4.69) is 25.1 Å². The van der Waals surface area contributed by atoms with E-state index >= 15 is 0 Å². The van der Waals surface area contributed by atoms with Crippen molar-refractivity contribution in [1.29, 1.82) is 5.26 Å². The summed E-state index contributed by atoms with van der Waals surface area (Å²) in [6, 6.07) is 23.5. The van der Waals surface area contributed by atoms with E-state index < -0.39 is 11.8 Å². The Morgan fingerprint density at radius 1 is 1.14 bits per heavy atom. The lowest BCUT2D eigenvalue weighted by molar-refractivity contribution is -0.120. The second-order valence-electron chi connectivity index (χ2n) is 6.80. The molecule has 3 rings (SSSR count). The highest BCUT2D eigenvalue weighted by Crippen LogP contribution is 2.29. The predicted molar refractivity (Wildman–Crippen MR) is 114 cm³/mol. The molecule has 1 amide bonds. The van der Waals surface area contributed by atoms with E-state index in [1.165, 1.54) is 5.56 Å². The Labute approximate surface area is 175 Å². The fraction of sp³-hybridized carbons (Fsp3) is 0.167. The molecule has 0 radical (unpaired) electrons. The van der Waals surface area contributed by atoms with Gasteiger partial charge in [0, 0.05) is 0 Å². The van der Waals surface area contributed by atoms with Gasteiger partial charge in [-0.2, -0.15) is 5.26 Å². The molecule has 0 spiro atoms. The van der Waals surface area contributed by atoms with Crippen molar-refractivity contribution in [3.8, 4) is 22.9 Å². The first-order valence-electron chi connectivity index (χ1n) is 9.23. The van der Waals surface area contributed by atoms with Crippen LogP contribution in [-0.4, -0.2) is 5.91 Å². The Morgan fingerprint density at radius 3 is 2.55 bits per heavy atom. The molecule has 0 saturated carbocycles. The van der Waals surface area contributed by atoms with Crippen LogP contribution in [0.25, 0.3) is 11.1 Å². The quantitative estimate of drug-likeness (QED) is 0.597. The van der Waals surface area contributed by atoms with Gasteiger partial charge in [-0.25, -0.2) is 0 Å². The monoisotopic (exact) mass is 404 g/mol. The van der Waals surface area contributed by atoms with E-state index in [-0.39, 0.29) is 6.42 Å². The number of ether oxygens (including phenoxy) is 1. The number of hydrogen-bond acceptors (Lipinski definition) is 3. The average molecular weight is 405 g/mol. The molecule has 0 aliphatic carbocycles. The Morgan fingerprint density at radius 2 is 1.90 bits per heavy atom. The van der Waals surface area contributed by atoms with Crippen molar-refractivity contribution in [3.05, 3.63) is 88.4 Å². The zero-order chi connectivity index (χ0) is 20.8. The van der Waals surface area contributed by atoms with Crippen LogP contribution in [0.15, 0.2) is 66.7 Å². The molecular formula is C24H21ClN2O2. The number of nitrogens with zero attached hydrogens (tertiary/aromatic N) is 1. The molecule has 0 saturated heterocycles. The van der Waals surface area contributed by atoms with Gasteiger partial charge in [-0.1, -0.05) is 66.2 Å². The van der Waals surface area contributed by atoms with Gasteiger partial charge in [0.2, 0.25) is 5.91 Å². The smallest absolute Gasteiger partial charge is 0.235 e. The van der Waals surface area contributed by atoms with Gasteiger partial charge in [-0.3, -0.25) is 4.79 Å². The number of carbonyl (C=O) groups is 1. The third-order valence-electron chi connectivity index (χ3n) is 4.85. The first kappa shape index (κ1) is 20.4. The van der Waals surface area contributed by atoms with E-state index in [9.17, 15) is 4.79 Å². The summed E-state index contributed by atoms with van der Waals surface area (Å²) in [5, 5.41) is 9.45. The van der Waals surface area contributed by atoms with Crippen LogP contribution in [0.2, 0.25) is 5.02 Å². The van der Waals surface area contributed by atoms with Crippen molar-refractivity contribution in [1.82, 2.24) is 0 Å². The van der Waals surface area contributed by atoms with Crippen LogP contribution in [-0.2, 0) is 17.8 Å². The van der Waals surface area contributed by atoms with Gasteiger partial charge in [0.15, 0.2) is 0 Å². The molecule has 1 unspecified atom stereocenters. The fourth-order valence-electron chi connectivity index (χ4n) is 3.16. The largest absolute Gasteiger partial charge is 0.487 e. The lowest BCUT2D eigenvalue weighted by atomic mass is 9.97. The molecule has 3 aromatic rings. The molecule has 0 fully saturated rings. The molecule has 4 nitrogen and oxygen atoms in total. The van der Waals surface area contributed by atoms with Gasteiger partial charge in [-0.15, -0.1) is 0 Å². The minimum atomic E-state index is -0.874. The van der Waals surface area contributed by atoms with Crippen LogP contribution < -0.4 is 10.5 Å². The topological polar surface area (TPSA) is 76.1 Å². The van der Waals surface area contributed by atoms with Crippen LogP contribution in [0.5, 0.6) is 5.75 Å². The van der Waals surface area contributed by atoms with Crippen LogP contribution in [0, 0.1) is 24.2 Å². The number of benzene rings is 3. The number of hydrogen-bond donors (Lipinski definition) is 1. The van der Waals surface area contributed by atoms with Gasteiger partial charge < -0.3 is 10.5 Å². The zero-order valence-electron chi connectivity index (χ0n) is 16.1. The second-order valence-corrected chi connectivity index (χ2v) is 7.20. The normalized spacial score (nSPS) is 11.5. The molecule has 0 bridgehead atoms. The third-order valence-corrected chi connectivity index (χ3v) is 5.14. The number of carbonyl (C=O) groups excluding carboxylic acids is 1. The minimum Gasteiger partial charge on any atom is -0.487 e. The first-order chi connectivity index (χ1) is 14.0. The standard InChI is InChI=1S/C24H21ClN2O2/c1-16-19(8-5-9-21(16)18-6-3-2-4-7-18)15-29-23-11-10-17(13-22(23)25)12-20(14-26)24(27)28/h2-11,13,20H,12,15H2,1H3,(H2,27,28). The number of halogens is 1. The number of rotatable bonds is 7. The number of nitrogens with two attached hydrogens (primary N) is 1. The van der Waals surface area contributed by atoms with Gasteiger partial charge >= 0.3 is 0 Å². The molecule has 0 aliphatic heterocycles. The van der Waals surface area contributed by atoms with Crippen molar-refractivity contribution < 1.29 is 9.53 Å². The SMILES string of the molecule is Cc1c(COc2ccc(CC(C#N)C(N)=O)cc2Cl)cccc1-c1ccccc1. The van der Waals surface area contributed by atoms with E-state index in [1.54, 1.807) is 18.2 Å². The van der Waals surface area contributed by atoms with E-state index in [4.69, 9.17) is 27.3 Å². The Kier molecular flexibility index (Phi) is 6.54. The Hall–Kier alpha value is -3.29. The molecule has 3 aromatic carbocycles. The zero-order valence-corrected chi connectivity index (χ0v) is 16.8. The van der Waals surface area contributed by atoms with Crippen LogP contribution >= 0.6 is 11.6 Å². The van der Waals surface area contributed by atoms with Gasteiger partial charge in [0.05, 0.1) is 11.1 Å². The second kappa shape index (κ2) is 9.27. The van der Waals surface area contributed by atoms with Crippen molar-refractivity contribution in [2.45, 2.75) is 20.0 Å². The maximum absolute atomic E-state index is 11.3. The summed E-state index contributed by atoms with van der Waals surface area (Å²) in [5.74, 6) is -0.966. The summed E-state index contributed by atoms with van der Waals surface area (Å²) in [4.78, 5) is 11.3. The molecule has 0 aromatic heterocycles. The van der Waals surface area contributed by atoms with Crippen molar-refractivity contribution in [2.75, 3.05) is 0 Å². The molecule has 1 atom stereocenters. The number of primary amides is 1. The molecule has 0 aliphatic rings. The van der Waals surface area contributed by atoms with Crippen LogP contribution in [0.3, 0.4) is 0 Å². The summed E-state index contributed by atoms with van der Waals surface area (Å²) in [5.41, 5.74) is 10.5. The molecule has 29 heavy (non-hydrogen) atoms. The summed E-state index contributed by atoms with van der Waals surface area (Å²) in [7, 11) is 0. The number of nitriles is 1. The van der Waals surface area contributed by atoms with E-state index in [0.717, 1.165) is 22.3 Å². The van der Waals surface area contributed by atoms with Crippen molar-refractivity contribution >= 4 is 17.5 Å². The van der Waals surface area contributed by atoms with Crippen molar-refractivity contribution in [2.24, 2.45) is 11.7 Å². The molecular weight excluding hydrogens is 384 g/mol. The Balaban J connectivity index is 1.74. The molecule has 0 heterocycles. The third kappa shape index (κ3) is 4.96. The highest BCUT2D eigenvalue weighted by molar-refractivity contribution is 6.32. The highest BCUT2D eigenvalue weighted by atomic mass is 35.5. The van der Waals surface area contributed by atoms with E-state index in [0.29, 0.717) is 17.4 Å². The number of amides is 1. The van der Waals surface area contributed by atoms with Crippen LogP contribution in [0.4, 0.5) is 0 Å².